The van der Waals surface area contributed by atoms with Gasteiger partial charge in [-0.15, -0.1) is 0 Å². The molecule has 1 N–H and O–H groups in total. The fourth-order valence-electron chi connectivity index (χ4n) is 4.68. The Kier molecular flexibility index (Phi) is 5.33. The minimum atomic E-state index is -0.220. The van der Waals surface area contributed by atoms with Crippen molar-refractivity contribution in [3.05, 3.63) is 69.3 Å². The summed E-state index contributed by atoms with van der Waals surface area (Å²) in [5.74, 6) is -0.220. The van der Waals surface area contributed by atoms with E-state index in [4.69, 9.17) is 4.74 Å². The van der Waals surface area contributed by atoms with Gasteiger partial charge >= 0.3 is 0 Å². The second kappa shape index (κ2) is 8.28. The lowest BCUT2D eigenvalue weighted by atomic mass is 10.1. The Morgan fingerprint density at radius 3 is 2.90 bits per heavy atom. The Bertz CT molecular complexity index is 1160. The standard InChI is InChI=1S/C23H27N5O3/c1-26-20-9-10-27(14-16-6-3-2-4-7-16)15-19(20)23(30)28-22(26)18(13-25-28)21(29)24-12-17-8-5-11-31-17/h2-4,6-7,13,17H,5,8-12,14-15H2,1H3,(H,24,29)/t17-/m0/s1. The summed E-state index contributed by atoms with van der Waals surface area (Å²) in [5.41, 5.74) is 3.80. The van der Waals surface area contributed by atoms with Gasteiger partial charge in [-0.25, -0.2) is 0 Å². The average Bonchev–Trinajstić information content (AvgIpc) is 3.47. The molecule has 3 aromatic rings. The minimum Gasteiger partial charge on any atom is -0.376 e. The quantitative estimate of drug-likeness (QED) is 0.675. The van der Waals surface area contributed by atoms with E-state index >= 15 is 0 Å². The molecule has 0 unspecified atom stereocenters. The van der Waals surface area contributed by atoms with Gasteiger partial charge in [-0.2, -0.15) is 9.61 Å². The molecule has 0 radical (unpaired) electrons. The van der Waals surface area contributed by atoms with E-state index in [0.29, 0.717) is 24.3 Å². The van der Waals surface area contributed by atoms with Gasteiger partial charge in [0, 0.05) is 51.9 Å². The number of aryl methyl sites for hydroxylation is 1. The molecule has 1 aromatic carbocycles. The molecule has 1 amide bonds. The largest absolute Gasteiger partial charge is 0.376 e. The van der Waals surface area contributed by atoms with Crippen LogP contribution in [0.25, 0.3) is 5.65 Å². The molecule has 0 spiro atoms. The van der Waals surface area contributed by atoms with E-state index in [9.17, 15) is 9.59 Å². The SMILES string of the molecule is Cn1c2c(c(=O)n3ncc(C(=O)NC[C@@H]4CCCO4)c13)CN(Cc1ccccc1)CC2. The van der Waals surface area contributed by atoms with Gasteiger partial charge in [0.15, 0.2) is 5.65 Å². The zero-order valence-corrected chi connectivity index (χ0v) is 17.7. The molecule has 31 heavy (non-hydrogen) atoms. The van der Waals surface area contributed by atoms with Gasteiger partial charge in [0.1, 0.15) is 5.56 Å². The highest BCUT2D eigenvalue weighted by molar-refractivity contribution is 5.99. The van der Waals surface area contributed by atoms with Crippen molar-refractivity contribution in [1.29, 1.82) is 0 Å². The molecule has 1 fully saturated rings. The van der Waals surface area contributed by atoms with Crippen molar-refractivity contribution in [2.45, 2.75) is 38.5 Å². The van der Waals surface area contributed by atoms with Gasteiger partial charge in [-0.1, -0.05) is 30.3 Å². The minimum absolute atomic E-state index is 0.0676. The fraction of sp³-hybridized carbons (Fsp3) is 0.435. The van der Waals surface area contributed by atoms with Crippen LogP contribution < -0.4 is 10.9 Å². The van der Waals surface area contributed by atoms with E-state index in [1.807, 2.05) is 29.8 Å². The average molecular weight is 422 g/mol. The molecule has 0 aliphatic carbocycles. The Labute approximate surface area is 180 Å². The number of ether oxygens (including phenoxy) is 1. The third-order valence-corrected chi connectivity index (χ3v) is 6.32. The predicted octanol–water partition coefficient (Wildman–Crippen LogP) is 1.50. The van der Waals surface area contributed by atoms with Gasteiger partial charge in [0.05, 0.1) is 17.9 Å². The number of hydrogen-bond acceptors (Lipinski definition) is 5. The maximum absolute atomic E-state index is 13.2. The van der Waals surface area contributed by atoms with Crippen molar-refractivity contribution in [3.63, 3.8) is 0 Å². The zero-order valence-electron chi connectivity index (χ0n) is 17.7. The lowest BCUT2D eigenvalue weighted by molar-refractivity contribution is 0.0858. The second-order valence-electron chi connectivity index (χ2n) is 8.37. The Morgan fingerprint density at radius 2 is 2.13 bits per heavy atom. The lowest BCUT2D eigenvalue weighted by Crippen LogP contribution is -2.38. The van der Waals surface area contributed by atoms with E-state index in [1.54, 1.807) is 0 Å². The molecule has 0 saturated carbocycles. The molecule has 1 saturated heterocycles. The maximum Gasteiger partial charge on any atom is 0.279 e. The predicted molar refractivity (Wildman–Crippen MR) is 116 cm³/mol. The number of fused-ring (bicyclic) bond motifs is 2. The highest BCUT2D eigenvalue weighted by Gasteiger charge is 2.26. The van der Waals surface area contributed by atoms with Gasteiger partial charge in [0.2, 0.25) is 0 Å². The number of rotatable bonds is 5. The number of nitrogens with one attached hydrogen (secondary N) is 1. The van der Waals surface area contributed by atoms with Crippen molar-refractivity contribution >= 4 is 11.6 Å². The van der Waals surface area contributed by atoms with Crippen molar-refractivity contribution in [2.24, 2.45) is 7.05 Å². The van der Waals surface area contributed by atoms with Gasteiger partial charge in [-0.3, -0.25) is 14.5 Å². The zero-order chi connectivity index (χ0) is 21.4. The van der Waals surface area contributed by atoms with Crippen molar-refractivity contribution in [1.82, 2.24) is 24.4 Å². The summed E-state index contributed by atoms with van der Waals surface area (Å²) in [5, 5.41) is 7.21. The molecule has 8 heteroatoms. The van der Waals surface area contributed by atoms with Gasteiger partial charge < -0.3 is 14.6 Å². The summed E-state index contributed by atoms with van der Waals surface area (Å²) >= 11 is 0. The number of amides is 1. The van der Waals surface area contributed by atoms with E-state index < -0.39 is 0 Å². The van der Waals surface area contributed by atoms with Crippen LogP contribution in [0.5, 0.6) is 0 Å². The van der Waals surface area contributed by atoms with Crippen LogP contribution in [0.4, 0.5) is 0 Å². The molecule has 8 nitrogen and oxygen atoms in total. The summed E-state index contributed by atoms with van der Waals surface area (Å²) in [6.07, 6.45) is 4.30. The molecular formula is C23H27N5O3. The van der Waals surface area contributed by atoms with Crippen LogP contribution >= 0.6 is 0 Å². The molecule has 0 bridgehead atoms. The normalized spacial score (nSPS) is 18.9. The van der Waals surface area contributed by atoms with Crippen molar-refractivity contribution in [3.8, 4) is 0 Å². The van der Waals surface area contributed by atoms with Crippen LogP contribution in [-0.4, -0.2) is 50.8 Å². The third-order valence-electron chi connectivity index (χ3n) is 6.32. The highest BCUT2D eigenvalue weighted by Crippen LogP contribution is 2.21. The van der Waals surface area contributed by atoms with Crippen LogP contribution in [0.1, 0.15) is 40.0 Å². The van der Waals surface area contributed by atoms with Crippen LogP contribution in [0, 0.1) is 0 Å². The molecule has 1 atom stereocenters. The van der Waals surface area contributed by atoms with Crippen LogP contribution in [0.2, 0.25) is 0 Å². The molecule has 5 rings (SSSR count). The summed E-state index contributed by atoms with van der Waals surface area (Å²) in [6.45, 7) is 3.47. The van der Waals surface area contributed by atoms with Gasteiger partial charge in [-0.05, 0) is 18.4 Å². The highest BCUT2D eigenvalue weighted by atomic mass is 16.5. The number of benzene rings is 1. The molecule has 2 aliphatic rings. The summed E-state index contributed by atoms with van der Waals surface area (Å²) < 4.78 is 8.91. The Hall–Kier alpha value is -2.97. The first-order chi connectivity index (χ1) is 15.1. The summed E-state index contributed by atoms with van der Waals surface area (Å²) in [4.78, 5) is 28.3. The monoisotopic (exact) mass is 421 g/mol. The van der Waals surface area contributed by atoms with Crippen LogP contribution in [-0.2, 0) is 31.3 Å². The number of carbonyl (C=O) groups is 1. The van der Waals surface area contributed by atoms with Crippen molar-refractivity contribution < 1.29 is 9.53 Å². The van der Waals surface area contributed by atoms with E-state index in [0.717, 1.165) is 50.2 Å². The number of hydrogen-bond donors (Lipinski definition) is 1. The van der Waals surface area contributed by atoms with Gasteiger partial charge in [0.25, 0.3) is 11.5 Å². The third kappa shape index (κ3) is 3.77. The molecule has 2 aliphatic heterocycles. The van der Waals surface area contributed by atoms with Crippen LogP contribution in [0.3, 0.4) is 0 Å². The number of aromatic nitrogens is 3. The number of nitrogens with zero attached hydrogens (tertiary/aromatic N) is 4. The molecule has 2 aromatic heterocycles. The Morgan fingerprint density at radius 1 is 1.29 bits per heavy atom. The topological polar surface area (TPSA) is 80.9 Å². The van der Waals surface area contributed by atoms with E-state index in [2.05, 4.69) is 27.4 Å². The second-order valence-corrected chi connectivity index (χ2v) is 8.37. The first kappa shape index (κ1) is 20.0. The fourth-order valence-corrected chi connectivity index (χ4v) is 4.68. The maximum atomic E-state index is 13.2. The Balaban J connectivity index is 1.41. The summed E-state index contributed by atoms with van der Waals surface area (Å²) in [6, 6.07) is 10.3. The number of carbonyl (C=O) groups excluding carboxylic acids is 1. The summed E-state index contributed by atoms with van der Waals surface area (Å²) in [7, 11) is 1.92. The van der Waals surface area contributed by atoms with E-state index in [-0.39, 0.29) is 17.6 Å². The first-order valence-corrected chi connectivity index (χ1v) is 10.9. The lowest BCUT2D eigenvalue weighted by Gasteiger charge is -2.29. The van der Waals surface area contributed by atoms with Crippen LogP contribution in [0.15, 0.2) is 41.3 Å². The first-order valence-electron chi connectivity index (χ1n) is 10.9. The smallest absolute Gasteiger partial charge is 0.279 e. The van der Waals surface area contributed by atoms with E-state index in [1.165, 1.54) is 16.3 Å². The molecule has 162 valence electrons. The molecule has 4 heterocycles. The van der Waals surface area contributed by atoms with Crippen molar-refractivity contribution in [2.75, 3.05) is 19.7 Å². The molecular weight excluding hydrogens is 394 g/mol.